The van der Waals surface area contributed by atoms with Crippen LogP contribution < -0.4 is 10.6 Å². The molecule has 26 heavy (non-hydrogen) atoms. The first-order valence-electron chi connectivity index (χ1n) is 8.94. The van der Waals surface area contributed by atoms with Gasteiger partial charge >= 0.3 is 0 Å². The average molecular weight is 474 g/mol. The van der Waals surface area contributed by atoms with Crippen LogP contribution in [0.3, 0.4) is 0 Å². The standard InChI is InChI=1S/C19H30N4O2.HI/c1-15-7-9-16(10-8-15)12-20-19(22-14-18(24)23(2)3)21-13-17-6-4-5-11-25-17;/h7-10,17H,4-6,11-14H2,1-3H3,(H2,20,21,22);1H. The Morgan fingerprint density at radius 1 is 1.23 bits per heavy atom. The highest BCUT2D eigenvalue weighted by molar-refractivity contribution is 14.0. The number of likely N-dealkylation sites (N-methyl/N-ethyl adjacent to an activating group) is 1. The van der Waals surface area contributed by atoms with Gasteiger partial charge in [0, 0.05) is 27.2 Å². The maximum Gasteiger partial charge on any atom is 0.241 e. The van der Waals surface area contributed by atoms with Crippen LogP contribution in [0.5, 0.6) is 0 Å². The molecule has 0 aromatic heterocycles. The molecule has 1 aliphatic heterocycles. The van der Waals surface area contributed by atoms with Crippen LogP contribution in [0.2, 0.25) is 0 Å². The fourth-order valence-electron chi connectivity index (χ4n) is 2.53. The number of hydrogen-bond donors (Lipinski definition) is 2. The third-order valence-corrected chi connectivity index (χ3v) is 4.22. The highest BCUT2D eigenvalue weighted by Gasteiger charge is 2.14. The van der Waals surface area contributed by atoms with Crippen molar-refractivity contribution in [3.63, 3.8) is 0 Å². The van der Waals surface area contributed by atoms with E-state index in [1.165, 1.54) is 12.0 Å². The molecule has 1 aromatic carbocycles. The normalized spacial score (nSPS) is 17.2. The summed E-state index contributed by atoms with van der Waals surface area (Å²) in [5, 5.41) is 6.42. The molecule has 1 aromatic rings. The number of hydrogen-bond acceptors (Lipinski definition) is 3. The number of carbonyl (C=O) groups excluding carboxylic acids is 1. The SMILES string of the molecule is Cc1ccc(CN=C(NCC(=O)N(C)C)NCC2CCCCO2)cc1.I. The molecule has 1 unspecified atom stereocenters. The summed E-state index contributed by atoms with van der Waals surface area (Å²) in [7, 11) is 3.49. The van der Waals surface area contributed by atoms with Gasteiger partial charge in [-0.1, -0.05) is 29.8 Å². The third kappa shape index (κ3) is 8.35. The van der Waals surface area contributed by atoms with E-state index in [-0.39, 0.29) is 42.5 Å². The van der Waals surface area contributed by atoms with Gasteiger partial charge in [-0.05, 0) is 31.7 Å². The lowest BCUT2D eigenvalue weighted by Gasteiger charge is -2.24. The summed E-state index contributed by atoms with van der Waals surface area (Å²) in [5.74, 6) is 0.656. The fraction of sp³-hybridized carbons (Fsp3) is 0.579. The zero-order chi connectivity index (χ0) is 18.1. The van der Waals surface area contributed by atoms with E-state index >= 15 is 0 Å². The Kier molecular flexibility index (Phi) is 10.6. The van der Waals surface area contributed by atoms with Crippen molar-refractivity contribution in [1.82, 2.24) is 15.5 Å². The van der Waals surface area contributed by atoms with Crippen molar-refractivity contribution < 1.29 is 9.53 Å². The van der Waals surface area contributed by atoms with Gasteiger partial charge in [0.15, 0.2) is 5.96 Å². The molecule has 6 nitrogen and oxygen atoms in total. The van der Waals surface area contributed by atoms with Gasteiger partial charge in [-0.2, -0.15) is 0 Å². The van der Waals surface area contributed by atoms with E-state index in [1.54, 1.807) is 19.0 Å². The lowest BCUT2D eigenvalue weighted by atomic mass is 10.1. The molecule has 1 fully saturated rings. The second-order valence-electron chi connectivity index (χ2n) is 6.66. The number of amides is 1. The summed E-state index contributed by atoms with van der Waals surface area (Å²) in [5.41, 5.74) is 2.37. The van der Waals surface area contributed by atoms with Gasteiger partial charge in [0.05, 0.1) is 19.2 Å². The molecule has 1 atom stereocenters. The molecular weight excluding hydrogens is 443 g/mol. The van der Waals surface area contributed by atoms with E-state index in [1.807, 2.05) is 0 Å². The molecule has 2 rings (SSSR count). The second kappa shape index (κ2) is 12.1. The van der Waals surface area contributed by atoms with E-state index in [0.29, 0.717) is 19.0 Å². The van der Waals surface area contributed by atoms with Gasteiger partial charge in [-0.15, -0.1) is 24.0 Å². The van der Waals surface area contributed by atoms with E-state index < -0.39 is 0 Å². The smallest absolute Gasteiger partial charge is 0.241 e. The van der Waals surface area contributed by atoms with Crippen molar-refractivity contribution in [2.24, 2.45) is 4.99 Å². The molecule has 7 heteroatoms. The van der Waals surface area contributed by atoms with Crippen molar-refractivity contribution >= 4 is 35.8 Å². The number of aliphatic imine (C=N–C) groups is 1. The summed E-state index contributed by atoms with van der Waals surface area (Å²) in [6.45, 7) is 4.39. The lowest BCUT2D eigenvalue weighted by molar-refractivity contribution is -0.127. The van der Waals surface area contributed by atoms with Gasteiger partial charge in [0.25, 0.3) is 0 Å². The molecule has 0 bridgehead atoms. The largest absolute Gasteiger partial charge is 0.376 e. The molecule has 0 saturated carbocycles. The summed E-state index contributed by atoms with van der Waals surface area (Å²) in [6, 6.07) is 8.31. The fourth-order valence-corrected chi connectivity index (χ4v) is 2.53. The number of rotatable bonds is 6. The number of nitrogens with one attached hydrogen (secondary N) is 2. The van der Waals surface area contributed by atoms with Crippen LogP contribution in [-0.2, 0) is 16.1 Å². The number of nitrogens with zero attached hydrogens (tertiary/aromatic N) is 2. The van der Waals surface area contributed by atoms with E-state index in [0.717, 1.165) is 25.0 Å². The lowest BCUT2D eigenvalue weighted by Crippen LogP contribution is -2.45. The topological polar surface area (TPSA) is 66.0 Å². The van der Waals surface area contributed by atoms with Crippen LogP contribution in [0.4, 0.5) is 0 Å². The predicted molar refractivity (Wildman–Crippen MR) is 116 cm³/mol. The van der Waals surface area contributed by atoms with Crippen LogP contribution in [0.1, 0.15) is 30.4 Å². The minimum Gasteiger partial charge on any atom is -0.376 e. The van der Waals surface area contributed by atoms with E-state index in [2.05, 4.69) is 46.8 Å². The van der Waals surface area contributed by atoms with Gasteiger partial charge in [-0.3, -0.25) is 4.79 Å². The Hall–Kier alpha value is -1.35. The van der Waals surface area contributed by atoms with Crippen molar-refractivity contribution in [1.29, 1.82) is 0 Å². The maximum atomic E-state index is 11.8. The van der Waals surface area contributed by atoms with Crippen molar-refractivity contribution in [3.8, 4) is 0 Å². The van der Waals surface area contributed by atoms with E-state index in [9.17, 15) is 4.79 Å². The summed E-state index contributed by atoms with van der Waals surface area (Å²) >= 11 is 0. The van der Waals surface area contributed by atoms with Gasteiger partial charge < -0.3 is 20.3 Å². The zero-order valence-corrected chi connectivity index (χ0v) is 18.3. The second-order valence-corrected chi connectivity index (χ2v) is 6.66. The number of halogens is 1. The third-order valence-electron chi connectivity index (χ3n) is 4.22. The Morgan fingerprint density at radius 3 is 2.58 bits per heavy atom. The molecule has 1 saturated heterocycles. The van der Waals surface area contributed by atoms with Crippen molar-refractivity contribution in [3.05, 3.63) is 35.4 Å². The Morgan fingerprint density at radius 2 is 1.96 bits per heavy atom. The summed E-state index contributed by atoms with van der Waals surface area (Å²) in [4.78, 5) is 18.0. The first kappa shape index (κ1) is 22.7. The minimum atomic E-state index is 0. The molecule has 0 radical (unpaired) electrons. The number of carbonyl (C=O) groups is 1. The van der Waals surface area contributed by atoms with E-state index in [4.69, 9.17) is 4.74 Å². The monoisotopic (exact) mass is 474 g/mol. The van der Waals surface area contributed by atoms with Crippen LogP contribution in [0, 0.1) is 6.92 Å². The predicted octanol–water partition coefficient (Wildman–Crippen LogP) is 2.31. The van der Waals surface area contributed by atoms with Gasteiger partial charge in [0.1, 0.15) is 0 Å². The molecule has 1 aliphatic rings. The summed E-state index contributed by atoms with van der Waals surface area (Å²) < 4.78 is 5.75. The Balaban J connectivity index is 0.00000338. The number of benzene rings is 1. The zero-order valence-electron chi connectivity index (χ0n) is 16.0. The summed E-state index contributed by atoms with van der Waals surface area (Å²) in [6.07, 6.45) is 3.62. The molecule has 146 valence electrons. The first-order chi connectivity index (χ1) is 12.0. The van der Waals surface area contributed by atoms with Crippen LogP contribution in [-0.4, -0.2) is 56.7 Å². The Labute approximate surface area is 173 Å². The van der Waals surface area contributed by atoms with Crippen LogP contribution >= 0.6 is 24.0 Å². The molecular formula is C19H31IN4O2. The highest BCUT2D eigenvalue weighted by Crippen LogP contribution is 2.11. The number of aryl methyl sites for hydroxylation is 1. The first-order valence-corrected chi connectivity index (χ1v) is 8.94. The van der Waals surface area contributed by atoms with Crippen LogP contribution in [0.25, 0.3) is 0 Å². The molecule has 1 amide bonds. The molecule has 0 aliphatic carbocycles. The number of guanidine groups is 1. The molecule has 0 spiro atoms. The van der Waals surface area contributed by atoms with Crippen molar-refractivity contribution in [2.75, 3.05) is 33.8 Å². The Bertz CT molecular complexity index is 569. The molecule has 2 N–H and O–H groups in total. The van der Waals surface area contributed by atoms with Crippen LogP contribution in [0.15, 0.2) is 29.3 Å². The minimum absolute atomic E-state index is 0. The van der Waals surface area contributed by atoms with Crippen molar-refractivity contribution in [2.45, 2.75) is 38.8 Å². The van der Waals surface area contributed by atoms with Gasteiger partial charge in [0.2, 0.25) is 5.91 Å². The number of ether oxygens (including phenoxy) is 1. The maximum absolute atomic E-state index is 11.8. The molecule has 1 heterocycles. The average Bonchev–Trinajstić information content (AvgIpc) is 2.63. The highest BCUT2D eigenvalue weighted by atomic mass is 127. The quantitative estimate of drug-likeness (QED) is 0.378. The van der Waals surface area contributed by atoms with Gasteiger partial charge in [-0.25, -0.2) is 4.99 Å².